The molecule has 3 nitrogen and oxygen atoms in total. The monoisotopic (exact) mass is 447 g/mol. The van der Waals surface area contributed by atoms with E-state index in [0.29, 0.717) is 13.2 Å². The molecule has 0 aromatic heterocycles. The Balaban J connectivity index is 0.00000480. The molecule has 0 radical (unpaired) electrons. The van der Waals surface area contributed by atoms with Crippen molar-refractivity contribution in [3.8, 4) is 5.75 Å². The van der Waals surface area contributed by atoms with E-state index in [4.69, 9.17) is 9.47 Å². The van der Waals surface area contributed by atoms with Crippen LogP contribution in [0.5, 0.6) is 5.75 Å². The highest BCUT2D eigenvalue weighted by Crippen LogP contribution is 2.17. The molecule has 2 aromatic rings. The van der Waals surface area contributed by atoms with Gasteiger partial charge in [0.2, 0.25) is 0 Å². The topological polar surface area (TPSA) is 18.5 Å². The smallest absolute Gasteiger partial charge is 0.190 e. The summed E-state index contributed by atoms with van der Waals surface area (Å²) >= 11 is 0. The summed E-state index contributed by atoms with van der Waals surface area (Å²) in [6.07, 6.45) is 9.34. The normalized spacial score (nSPS) is 12.3. The summed E-state index contributed by atoms with van der Waals surface area (Å²) in [5.41, 5.74) is 2.73. The van der Waals surface area contributed by atoms with Crippen molar-refractivity contribution in [2.75, 3.05) is 27.3 Å². The van der Waals surface area contributed by atoms with Gasteiger partial charge in [-0.05, 0) is 30.5 Å². The molecule has 0 heterocycles. The van der Waals surface area contributed by atoms with Crippen molar-refractivity contribution in [2.45, 2.75) is 71.6 Å². The highest BCUT2D eigenvalue weighted by molar-refractivity contribution is 5.27. The summed E-state index contributed by atoms with van der Waals surface area (Å²) in [4.78, 5) is 0. The van der Waals surface area contributed by atoms with Gasteiger partial charge in [-0.15, -0.1) is 0 Å². The Morgan fingerprint density at radius 3 is 2.10 bits per heavy atom. The second-order valence-electron chi connectivity index (χ2n) is 8.90. The second-order valence-corrected chi connectivity index (χ2v) is 8.90. The number of hydrogen-bond donors (Lipinski definition) is 0. The van der Waals surface area contributed by atoms with Gasteiger partial charge in [0, 0.05) is 12.5 Å². The molecule has 0 amide bonds. The van der Waals surface area contributed by atoms with Crippen molar-refractivity contribution in [2.24, 2.45) is 0 Å². The van der Waals surface area contributed by atoms with Crippen LogP contribution in [0.25, 0.3) is 0 Å². The third-order valence-corrected chi connectivity index (χ3v) is 5.87. The second kappa shape index (κ2) is 15.3. The molecule has 0 saturated heterocycles. The van der Waals surface area contributed by atoms with Crippen LogP contribution < -0.4 is 17.1 Å². The minimum Gasteiger partial charge on any atom is -1.00 e. The Morgan fingerprint density at radius 1 is 0.774 bits per heavy atom. The molecule has 0 spiro atoms. The highest BCUT2D eigenvalue weighted by Gasteiger charge is 2.24. The Bertz CT molecular complexity index is 688. The summed E-state index contributed by atoms with van der Waals surface area (Å²) in [5, 5.41) is 0. The third kappa shape index (κ3) is 11.0. The van der Waals surface area contributed by atoms with Gasteiger partial charge >= 0.3 is 0 Å². The van der Waals surface area contributed by atoms with Crippen LogP contribution in [-0.2, 0) is 17.7 Å². The molecule has 1 atom stereocenters. The lowest BCUT2D eigenvalue weighted by atomic mass is 10.0. The van der Waals surface area contributed by atoms with Crippen LogP contribution in [0.3, 0.4) is 0 Å². The SMILES string of the molecule is CCCCCCCCc1ccc(OCCOC(C)[N+](C)(C)Cc2ccccc2)cc1.[Cl-]. The first-order chi connectivity index (χ1) is 14.5. The molecule has 2 aromatic carbocycles. The average molecular weight is 448 g/mol. The minimum atomic E-state index is 0. The number of quaternary nitrogens is 1. The lowest BCUT2D eigenvalue weighted by Gasteiger charge is -2.35. The molecule has 31 heavy (non-hydrogen) atoms. The zero-order valence-electron chi connectivity index (χ0n) is 20.0. The quantitative estimate of drug-likeness (QED) is 0.236. The molecule has 0 aliphatic rings. The van der Waals surface area contributed by atoms with E-state index >= 15 is 0 Å². The van der Waals surface area contributed by atoms with Crippen LogP contribution in [0.1, 0.15) is 63.5 Å². The number of rotatable bonds is 15. The first-order valence-corrected chi connectivity index (χ1v) is 11.7. The van der Waals surface area contributed by atoms with E-state index in [1.807, 2.05) is 0 Å². The Labute approximate surface area is 196 Å². The lowest BCUT2D eigenvalue weighted by Crippen LogP contribution is -3.00. The van der Waals surface area contributed by atoms with Crippen LogP contribution in [-0.4, -0.2) is 38.0 Å². The maximum absolute atomic E-state index is 6.07. The molecular weight excluding hydrogens is 406 g/mol. The van der Waals surface area contributed by atoms with Crippen molar-refractivity contribution in [1.82, 2.24) is 0 Å². The van der Waals surface area contributed by atoms with E-state index in [2.05, 4.69) is 82.5 Å². The Morgan fingerprint density at radius 2 is 1.42 bits per heavy atom. The first kappa shape index (κ1) is 27.5. The van der Waals surface area contributed by atoms with E-state index in [1.165, 1.54) is 56.1 Å². The molecule has 174 valence electrons. The largest absolute Gasteiger partial charge is 1.00 e. The summed E-state index contributed by atoms with van der Waals surface area (Å²) in [6.45, 7) is 6.52. The van der Waals surface area contributed by atoms with E-state index < -0.39 is 0 Å². The highest BCUT2D eigenvalue weighted by atomic mass is 35.5. The number of hydrogen-bond acceptors (Lipinski definition) is 2. The number of halogens is 1. The van der Waals surface area contributed by atoms with Gasteiger partial charge in [0.25, 0.3) is 0 Å². The van der Waals surface area contributed by atoms with Gasteiger partial charge in [-0.1, -0.05) is 81.5 Å². The molecule has 0 aliphatic carbocycles. The van der Waals surface area contributed by atoms with Gasteiger partial charge in [-0.3, -0.25) is 4.48 Å². The summed E-state index contributed by atoms with van der Waals surface area (Å²) in [5.74, 6) is 0.927. The van der Waals surface area contributed by atoms with Gasteiger partial charge in [-0.2, -0.15) is 0 Å². The number of benzene rings is 2. The Kier molecular flexibility index (Phi) is 13.6. The van der Waals surface area contributed by atoms with Gasteiger partial charge in [-0.25, -0.2) is 0 Å². The molecule has 0 aliphatic heterocycles. The van der Waals surface area contributed by atoms with Crippen LogP contribution in [0.15, 0.2) is 54.6 Å². The molecule has 1 unspecified atom stereocenters. The van der Waals surface area contributed by atoms with Crippen LogP contribution in [0.4, 0.5) is 0 Å². The van der Waals surface area contributed by atoms with Crippen LogP contribution in [0, 0.1) is 0 Å². The summed E-state index contributed by atoms with van der Waals surface area (Å²) < 4.78 is 12.7. The number of nitrogens with zero attached hydrogens (tertiary/aromatic N) is 1. The fraction of sp³-hybridized carbons (Fsp3) is 0.556. The number of unbranched alkanes of at least 4 members (excludes halogenated alkanes) is 5. The maximum atomic E-state index is 6.07. The molecule has 0 saturated carbocycles. The predicted octanol–water partition coefficient (Wildman–Crippen LogP) is 3.61. The van der Waals surface area contributed by atoms with Gasteiger partial charge < -0.3 is 21.9 Å². The predicted molar refractivity (Wildman–Crippen MR) is 127 cm³/mol. The zero-order chi connectivity index (χ0) is 21.7. The van der Waals surface area contributed by atoms with Crippen LogP contribution >= 0.6 is 0 Å². The van der Waals surface area contributed by atoms with E-state index in [-0.39, 0.29) is 18.6 Å². The van der Waals surface area contributed by atoms with Gasteiger partial charge in [0.15, 0.2) is 6.23 Å². The van der Waals surface area contributed by atoms with E-state index in [9.17, 15) is 0 Å². The van der Waals surface area contributed by atoms with Crippen molar-refractivity contribution < 1.29 is 26.4 Å². The molecule has 4 heteroatoms. The van der Waals surface area contributed by atoms with Crippen molar-refractivity contribution in [1.29, 1.82) is 0 Å². The molecule has 0 N–H and O–H groups in total. The van der Waals surface area contributed by atoms with Crippen LogP contribution in [0.2, 0.25) is 0 Å². The maximum Gasteiger partial charge on any atom is 0.190 e. The summed E-state index contributed by atoms with van der Waals surface area (Å²) in [7, 11) is 4.42. The molecular formula is C27H42ClNO2. The fourth-order valence-electron chi connectivity index (χ4n) is 3.62. The molecule has 0 fully saturated rings. The minimum absolute atomic E-state index is 0. The van der Waals surface area contributed by atoms with Gasteiger partial charge in [0.05, 0.1) is 20.7 Å². The van der Waals surface area contributed by atoms with Gasteiger partial charge in [0.1, 0.15) is 18.9 Å². The van der Waals surface area contributed by atoms with E-state index in [0.717, 1.165) is 16.8 Å². The number of aryl methyl sites for hydroxylation is 1. The standard InChI is InChI=1S/C27H42NO2.ClH/c1-5-6-7-8-9-11-14-25-17-19-27(20-18-25)30-22-21-29-24(2)28(3,4)23-26-15-12-10-13-16-26;/h10,12-13,15-20,24H,5-9,11,14,21-23H2,1-4H3;1H/q+1;/p-1. The first-order valence-electron chi connectivity index (χ1n) is 11.7. The molecule has 2 rings (SSSR count). The fourth-order valence-corrected chi connectivity index (χ4v) is 3.62. The molecule has 0 bridgehead atoms. The average Bonchev–Trinajstić information content (AvgIpc) is 2.75. The zero-order valence-corrected chi connectivity index (χ0v) is 20.7. The van der Waals surface area contributed by atoms with Crippen molar-refractivity contribution >= 4 is 0 Å². The van der Waals surface area contributed by atoms with Crippen molar-refractivity contribution in [3.05, 3.63) is 65.7 Å². The Hall–Kier alpha value is -1.55. The van der Waals surface area contributed by atoms with E-state index in [1.54, 1.807) is 0 Å². The van der Waals surface area contributed by atoms with Crippen molar-refractivity contribution in [3.63, 3.8) is 0 Å². The number of ether oxygens (including phenoxy) is 2. The third-order valence-electron chi connectivity index (χ3n) is 5.87. The summed E-state index contributed by atoms with van der Waals surface area (Å²) in [6, 6.07) is 19.2. The lowest BCUT2D eigenvalue weighted by molar-refractivity contribution is -0.947.